The van der Waals surface area contributed by atoms with E-state index in [9.17, 15) is 14.4 Å². The van der Waals surface area contributed by atoms with E-state index in [0.717, 1.165) is 0 Å². The van der Waals surface area contributed by atoms with E-state index in [0.29, 0.717) is 21.5 Å². The fourth-order valence-corrected chi connectivity index (χ4v) is 3.08. The first-order valence-electron chi connectivity index (χ1n) is 8.76. The Morgan fingerprint density at radius 1 is 1.14 bits per heavy atom. The minimum Gasteiger partial charge on any atom is -0.463 e. The van der Waals surface area contributed by atoms with Crippen molar-refractivity contribution in [2.24, 2.45) is 0 Å². The second-order valence-electron chi connectivity index (χ2n) is 6.97. The zero-order chi connectivity index (χ0) is 21.8. The summed E-state index contributed by atoms with van der Waals surface area (Å²) in [5.41, 5.74) is 0.109. The van der Waals surface area contributed by atoms with Crippen LogP contribution in [0.25, 0.3) is 17.0 Å². The second-order valence-corrected chi connectivity index (χ2v) is 7.82. The molecule has 0 fully saturated rings. The van der Waals surface area contributed by atoms with Crippen LogP contribution in [0, 0.1) is 0 Å². The van der Waals surface area contributed by atoms with E-state index in [1.807, 2.05) is 0 Å². The van der Waals surface area contributed by atoms with Crippen LogP contribution in [0.15, 0.2) is 18.2 Å². The topological polar surface area (TPSA) is 94.7 Å². The predicted octanol–water partition coefficient (Wildman–Crippen LogP) is 4.55. The van der Waals surface area contributed by atoms with Gasteiger partial charge >= 0.3 is 17.9 Å². The van der Waals surface area contributed by atoms with Crippen molar-refractivity contribution in [3.8, 4) is 0 Å². The van der Waals surface area contributed by atoms with Crippen molar-refractivity contribution in [2.45, 2.75) is 33.3 Å². The Hall–Kier alpha value is -2.51. The number of aromatic amines is 1. The number of ether oxygens (including phenoxy) is 3. The molecule has 0 spiro atoms. The van der Waals surface area contributed by atoms with E-state index in [2.05, 4.69) is 4.98 Å². The van der Waals surface area contributed by atoms with Crippen LogP contribution in [0.4, 0.5) is 0 Å². The molecule has 0 atom stereocenters. The maximum atomic E-state index is 12.5. The van der Waals surface area contributed by atoms with Gasteiger partial charge in [-0.3, -0.25) is 0 Å². The Bertz CT molecular complexity index is 971. The number of benzene rings is 1. The highest BCUT2D eigenvalue weighted by atomic mass is 35.5. The van der Waals surface area contributed by atoms with Gasteiger partial charge in [0, 0.05) is 27.6 Å². The van der Waals surface area contributed by atoms with Gasteiger partial charge in [-0.05, 0) is 45.9 Å². The number of rotatable bonds is 6. The van der Waals surface area contributed by atoms with Gasteiger partial charge in [0.1, 0.15) is 11.3 Å². The van der Waals surface area contributed by atoms with Crippen LogP contribution in [0.1, 0.15) is 43.7 Å². The lowest BCUT2D eigenvalue weighted by Crippen LogP contribution is -2.22. The van der Waals surface area contributed by atoms with E-state index in [1.165, 1.54) is 18.2 Å². The molecule has 0 bridgehead atoms. The predicted molar refractivity (Wildman–Crippen MR) is 110 cm³/mol. The van der Waals surface area contributed by atoms with Crippen LogP contribution in [-0.4, -0.2) is 41.7 Å². The molecule has 156 valence electrons. The van der Waals surface area contributed by atoms with Crippen molar-refractivity contribution in [1.82, 2.24) is 4.98 Å². The van der Waals surface area contributed by atoms with Crippen molar-refractivity contribution >= 4 is 58.1 Å². The van der Waals surface area contributed by atoms with E-state index in [1.54, 1.807) is 33.8 Å². The Labute approximate surface area is 177 Å². The van der Waals surface area contributed by atoms with Gasteiger partial charge in [-0.25, -0.2) is 14.4 Å². The number of nitrogens with one attached hydrogen (secondary N) is 1. The fourth-order valence-electron chi connectivity index (χ4n) is 2.49. The molecule has 1 aromatic carbocycles. The molecular weight excluding hydrogens is 421 g/mol. The lowest BCUT2D eigenvalue weighted by Gasteiger charge is -2.17. The van der Waals surface area contributed by atoms with Crippen molar-refractivity contribution in [3.05, 3.63) is 39.5 Å². The summed E-state index contributed by atoms with van der Waals surface area (Å²) in [7, 11) is 0. The highest BCUT2D eigenvalue weighted by Gasteiger charge is 2.22. The first kappa shape index (κ1) is 22.8. The molecule has 1 heterocycles. The summed E-state index contributed by atoms with van der Waals surface area (Å²) in [4.78, 5) is 38.9. The smallest absolute Gasteiger partial charge is 0.355 e. The van der Waals surface area contributed by atoms with Crippen molar-refractivity contribution in [1.29, 1.82) is 0 Å². The van der Waals surface area contributed by atoms with Crippen LogP contribution in [0.2, 0.25) is 10.0 Å². The van der Waals surface area contributed by atoms with Crippen LogP contribution >= 0.6 is 23.2 Å². The highest BCUT2D eigenvalue weighted by Crippen LogP contribution is 2.33. The molecule has 7 nitrogen and oxygen atoms in total. The second kappa shape index (κ2) is 9.33. The molecule has 0 radical (unpaired) electrons. The number of esters is 3. The minimum absolute atomic E-state index is 0.00766. The quantitative estimate of drug-likeness (QED) is 0.401. The van der Waals surface area contributed by atoms with Crippen LogP contribution in [0.5, 0.6) is 0 Å². The number of hydrogen-bond acceptors (Lipinski definition) is 6. The maximum Gasteiger partial charge on any atom is 0.355 e. The maximum absolute atomic E-state index is 12.5. The number of aromatic nitrogens is 1. The normalized spacial score (nSPS) is 11.7. The molecule has 0 saturated heterocycles. The number of carbonyl (C=O) groups excluding carboxylic acids is 3. The summed E-state index contributed by atoms with van der Waals surface area (Å²) >= 11 is 12.3. The van der Waals surface area contributed by atoms with Gasteiger partial charge in [-0.1, -0.05) is 23.2 Å². The van der Waals surface area contributed by atoms with Crippen LogP contribution in [0.3, 0.4) is 0 Å². The first-order valence-corrected chi connectivity index (χ1v) is 9.52. The van der Waals surface area contributed by atoms with Gasteiger partial charge < -0.3 is 19.2 Å². The van der Waals surface area contributed by atoms with Gasteiger partial charge in [0.2, 0.25) is 0 Å². The van der Waals surface area contributed by atoms with Gasteiger partial charge in [0.15, 0.2) is 6.61 Å². The van der Waals surface area contributed by atoms with Crippen LogP contribution in [-0.2, 0) is 23.8 Å². The third-order valence-corrected chi connectivity index (χ3v) is 3.99. The number of halogens is 2. The molecule has 0 aliphatic carbocycles. The molecule has 1 N–H and O–H groups in total. The summed E-state index contributed by atoms with van der Waals surface area (Å²) in [5, 5.41) is 1.11. The Kier molecular flexibility index (Phi) is 7.32. The molecule has 0 amide bonds. The number of carbonyl (C=O) groups is 3. The van der Waals surface area contributed by atoms with Gasteiger partial charge in [0.25, 0.3) is 0 Å². The molecule has 0 aliphatic rings. The molecule has 29 heavy (non-hydrogen) atoms. The van der Waals surface area contributed by atoms with Crippen molar-refractivity contribution in [2.75, 3.05) is 13.2 Å². The number of hydrogen-bond donors (Lipinski definition) is 1. The average molecular weight is 442 g/mol. The third-order valence-electron chi connectivity index (χ3n) is 3.48. The molecule has 0 unspecified atom stereocenters. The standard InChI is InChI=1S/C20H21Cl2NO6/c1-5-27-16(25)10-28-19(26)18-12(6-7-15(24)29-20(2,3)4)17-13(22)8-11(21)9-14(17)23-18/h6-9,23H,5,10H2,1-4H3/b7-6+. The molecule has 0 saturated carbocycles. The van der Waals surface area contributed by atoms with Gasteiger partial charge in [0.05, 0.1) is 11.6 Å². The summed E-state index contributed by atoms with van der Waals surface area (Å²) in [5.74, 6) is -2.09. The van der Waals surface area contributed by atoms with Crippen molar-refractivity contribution < 1.29 is 28.6 Å². The lowest BCUT2D eigenvalue weighted by molar-refractivity contribution is -0.148. The minimum atomic E-state index is -0.815. The summed E-state index contributed by atoms with van der Waals surface area (Å²) < 4.78 is 15.0. The highest BCUT2D eigenvalue weighted by molar-refractivity contribution is 6.39. The zero-order valence-electron chi connectivity index (χ0n) is 16.4. The lowest BCUT2D eigenvalue weighted by atomic mass is 10.1. The number of H-pyrrole nitrogens is 1. The molecule has 0 aliphatic heterocycles. The monoisotopic (exact) mass is 441 g/mol. The van der Waals surface area contributed by atoms with E-state index in [-0.39, 0.29) is 17.3 Å². The largest absolute Gasteiger partial charge is 0.463 e. The Morgan fingerprint density at radius 2 is 1.83 bits per heavy atom. The third kappa shape index (κ3) is 6.24. The summed E-state index contributed by atoms with van der Waals surface area (Å²) in [6.07, 6.45) is 2.58. The molecule has 2 aromatic rings. The van der Waals surface area contributed by atoms with E-state index in [4.69, 9.17) is 37.4 Å². The molecule has 2 rings (SSSR count). The number of fused-ring (bicyclic) bond motifs is 1. The Balaban J connectivity index is 2.42. The zero-order valence-corrected chi connectivity index (χ0v) is 17.9. The van der Waals surface area contributed by atoms with E-state index >= 15 is 0 Å². The Morgan fingerprint density at radius 3 is 2.45 bits per heavy atom. The molecular formula is C20H21Cl2NO6. The van der Waals surface area contributed by atoms with Crippen LogP contribution < -0.4 is 0 Å². The van der Waals surface area contributed by atoms with Gasteiger partial charge in [-0.15, -0.1) is 0 Å². The fraction of sp³-hybridized carbons (Fsp3) is 0.350. The summed E-state index contributed by atoms with van der Waals surface area (Å²) in [6.45, 7) is 6.47. The van der Waals surface area contributed by atoms with Gasteiger partial charge in [-0.2, -0.15) is 0 Å². The first-order chi connectivity index (χ1) is 13.5. The molecule has 1 aromatic heterocycles. The van der Waals surface area contributed by atoms with E-state index < -0.39 is 30.1 Å². The van der Waals surface area contributed by atoms with Crippen molar-refractivity contribution in [3.63, 3.8) is 0 Å². The average Bonchev–Trinajstić information content (AvgIpc) is 2.95. The summed E-state index contributed by atoms with van der Waals surface area (Å²) in [6, 6.07) is 3.09. The SMILES string of the molecule is CCOC(=O)COC(=O)c1[nH]c2cc(Cl)cc(Cl)c2c1/C=C/C(=O)OC(C)(C)C. The molecule has 9 heteroatoms.